The van der Waals surface area contributed by atoms with Crippen LogP contribution < -0.4 is 10.1 Å². The summed E-state index contributed by atoms with van der Waals surface area (Å²) in [5, 5.41) is 25.0. The third-order valence-electron chi connectivity index (χ3n) is 6.98. The SMILES string of the molecule is O=C1CCCc2cc([C@H](O)CN3C[C@H]4C[C@H](Oc5ccccc5)C[C@@]4(O)C3)ccc2N1. The highest BCUT2D eigenvalue weighted by Crippen LogP contribution is 2.43. The van der Waals surface area contributed by atoms with Crippen molar-refractivity contribution in [3.63, 3.8) is 0 Å². The van der Waals surface area contributed by atoms with Gasteiger partial charge in [0.1, 0.15) is 11.9 Å². The van der Waals surface area contributed by atoms with Gasteiger partial charge in [0.25, 0.3) is 0 Å². The molecule has 0 radical (unpaired) electrons. The summed E-state index contributed by atoms with van der Waals surface area (Å²) >= 11 is 0. The predicted octanol–water partition coefficient (Wildman–Crippen LogP) is 2.90. The summed E-state index contributed by atoms with van der Waals surface area (Å²) in [7, 11) is 0. The van der Waals surface area contributed by atoms with Crippen molar-refractivity contribution in [2.75, 3.05) is 25.0 Å². The molecule has 0 aromatic heterocycles. The van der Waals surface area contributed by atoms with E-state index < -0.39 is 11.7 Å². The van der Waals surface area contributed by atoms with Gasteiger partial charge in [0, 0.05) is 44.1 Å². The highest BCUT2D eigenvalue weighted by atomic mass is 16.5. The van der Waals surface area contributed by atoms with E-state index in [1.807, 2.05) is 48.5 Å². The van der Waals surface area contributed by atoms with Crippen molar-refractivity contribution in [1.82, 2.24) is 4.90 Å². The zero-order valence-electron chi connectivity index (χ0n) is 17.7. The summed E-state index contributed by atoms with van der Waals surface area (Å²) in [5.74, 6) is 1.07. The van der Waals surface area contributed by atoms with E-state index in [1.54, 1.807) is 0 Å². The summed E-state index contributed by atoms with van der Waals surface area (Å²) in [5.41, 5.74) is 2.05. The Morgan fingerprint density at radius 2 is 2.03 bits per heavy atom. The standard InChI is InChI=1S/C25H30N2O4/c28-23(18-9-10-22-17(11-18)5-4-8-24(29)26-22)15-27-14-19-12-21(13-25(19,30)16-27)31-20-6-2-1-3-7-20/h1-3,6-7,9-11,19,21,23,28,30H,4-5,8,12-16H2,(H,26,29)/t19-,21+,23-,25-/m1/s1. The number of β-amino-alcohol motifs (C(OH)–C–C–N with tert-alkyl or cyclic N) is 2. The number of aliphatic hydroxyl groups is 2. The summed E-state index contributed by atoms with van der Waals surface area (Å²) in [6.07, 6.45) is 3.06. The molecule has 31 heavy (non-hydrogen) atoms. The van der Waals surface area contributed by atoms with Crippen LogP contribution in [0.1, 0.15) is 42.9 Å². The molecule has 6 nitrogen and oxygen atoms in total. The second kappa shape index (κ2) is 8.26. The zero-order chi connectivity index (χ0) is 21.4. The number of benzene rings is 2. The molecule has 4 atom stereocenters. The highest BCUT2D eigenvalue weighted by molar-refractivity contribution is 5.92. The van der Waals surface area contributed by atoms with Gasteiger partial charge in [-0.15, -0.1) is 0 Å². The molecule has 1 amide bonds. The van der Waals surface area contributed by atoms with Gasteiger partial charge in [0.05, 0.1) is 11.7 Å². The molecule has 2 heterocycles. The fourth-order valence-electron chi connectivity index (χ4n) is 5.45. The number of hydrogen-bond acceptors (Lipinski definition) is 5. The average molecular weight is 423 g/mol. The van der Waals surface area contributed by atoms with Gasteiger partial charge in [-0.05, 0) is 48.6 Å². The normalized spacial score (nSPS) is 29.0. The van der Waals surface area contributed by atoms with E-state index in [1.165, 1.54) is 0 Å². The molecule has 0 unspecified atom stereocenters. The first-order valence-electron chi connectivity index (χ1n) is 11.3. The number of likely N-dealkylation sites (tertiary alicyclic amines) is 1. The maximum Gasteiger partial charge on any atom is 0.224 e. The van der Waals surface area contributed by atoms with Crippen LogP contribution >= 0.6 is 0 Å². The maximum atomic E-state index is 11.7. The minimum Gasteiger partial charge on any atom is -0.490 e. The van der Waals surface area contributed by atoms with Gasteiger partial charge in [-0.25, -0.2) is 0 Å². The monoisotopic (exact) mass is 422 g/mol. The van der Waals surface area contributed by atoms with E-state index >= 15 is 0 Å². The highest BCUT2D eigenvalue weighted by Gasteiger charge is 2.52. The van der Waals surface area contributed by atoms with E-state index in [4.69, 9.17) is 4.74 Å². The Morgan fingerprint density at radius 1 is 1.19 bits per heavy atom. The first kappa shape index (κ1) is 20.5. The van der Waals surface area contributed by atoms with Crippen LogP contribution in [0.4, 0.5) is 5.69 Å². The Morgan fingerprint density at radius 3 is 2.84 bits per heavy atom. The first-order valence-corrected chi connectivity index (χ1v) is 11.3. The number of ether oxygens (including phenoxy) is 1. The second-order valence-corrected chi connectivity index (χ2v) is 9.32. The van der Waals surface area contributed by atoms with E-state index in [0.717, 1.165) is 48.4 Å². The molecule has 1 aliphatic carbocycles. The van der Waals surface area contributed by atoms with Crippen molar-refractivity contribution in [1.29, 1.82) is 0 Å². The zero-order valence-corrected chi connectivity index (χ0v) is 17.7. The minimum atomic E-state index is -0.753. The summed E-state index contributed by atoms with van der Waals surface area (Å²) in [6, 6.07) is 15.6. The van der Waals surface area contributed by atoms with Crippen molar-refractivity contribution in [2.45, 2.75) is 49.9 Å². The number of nitrogens with one attached hydrogen (secondary N) is 1. The number of aliphatic hydroxyl groups excluding tert-OH is 1. The summed E-state index contributed by atoms with van der Waals surface area (Å²) < 4.78 is 6.08. The van der Waals surface area contributed by atoms with Crippen LogP contribution in [0.5, 0.6) is 5.75 Å². The average Bonchev–Trinajstić information content (AvgIpc) is 3.10. The van der Waals surface area contributed by atoms with Gasteiger partial charge in [-0.2, -0.15) is 0 Å². The number of hydrogen-bond donors (Lipinski definition) is 3. The second-order valence-electron chi connectivity index (χ2n) is 9.32. The molecule has 1 saturated heterocycles. The molecule has 6 heteroatoms. The molecular weight excluding hydrogens is 392 g/mol. The van der Waals surface area contributed by atoms with Gasteiger partial charge in [-0.3, -0.25) is 9.69 Å². The Labute approximate surface area is 182 Å². The van der Waals surface area contributed by atoms with Crippen LogP contribution in [0.3, 0.4) is 0 Å². The number of carbonyl (C=O) groups excluding carboxylic acids is 1. The fourth-order valence-corrected chi connectivity index (χ4v) is 5.45. The van der Waals surface area contributed by atoms with Gasteiger partial charge >= 0.3 is 0 Å². The lowest BCUT2D eigenvalue weighted by molar-refractivity contribution is -0.116. The quantitative estimate of drug-likeness (QED) is 0.690. The summed E-state index contributed by atoms with van der Waals surface area (Å²) in [4.78, 5) is 13.9. The Bertz CT molecular complexity index is 950. The van der Waals surface area contributed by atoms with Gasteiger partial charge < -0.3 is 20.3 Å². The van der Waals surface area contributed by atoms with Crippen LogP contribution in [0.2, 0.25) is 0 Å². The van der Waals surface area contributed by atoms with E-state index in [0.29, 0.717) is 25.9 Å². The molecule has 164 valence electrons. The minimum absolute atomic E-state index is 0.0317. The molecule has 2 aromatic rings. The lowest BCUT2D eigenvalue weighted by atomic mass is 9.95. The van der Waals surface area contributed by atoms with E-state index in [2.05, 4.69) is 10.2 Å². The van der Waals surface area contributed by atoms with E-state index in [-0.39, 0.29) is 17.9 Å². The van der Waals surface area contributed by atoms with Crippen LogP contribution in [0, 0.1) is 5.92 Å². The van der Waals surface area contributed by atoms with Crippen molar-refractivity contribution in [2.24, 2.45) is 5.92 Å². The van der Waals surface area contributed by atoms with Crippen molar-refractivity contribution < 1.29 is 19.7 Å². The molecule has 5 rings (SSSR count). The predicted molar refractivity (Wildman–Crippen MR) is 118 cm³/mol. The topological polar surface area (TPSA) is 82.0 Å². The van der Waals surface area contributed by atoms with Gasteiger partial charge in [0.2, 0.25) is 5.91 Å². The molecule has 2 aromatic carbocycles. The van der Waals surface area contributed by atoms with Crippen molar-refractivity contribution in [3.05, 3.63) is 59.7 Å². The largest absolute Gasteiger partial charge is 0.490 e. The van der Waals surface area contributed by atoms with Crippen LogP contribution in [0.25, 0.3) is 0 Å². The van der Waals surface area contributed by atoms with Crippen molar-refractivity contribution >= 4 is 11.6 Å². The lowest BCUT2D eigenvalue weighted by Gasteiger charge is -2.25. The molecule has 1 saturated carbocycles. The van der Waals surface area contributed by atoms with Crippen molar-refractivity contribution in [3.8, 4) is 5.75 Å². The van der Waals surface area contributed by atoms with Gasteiger partial charge in [0.15, 0.2) is 0 Å². The van der Waals surface area contributed by atoms with Crippen LogP contribution in [0.15, 0.2) is 48.5 Å². The first-order chi connectivity index (χ1) is 15.0. The number of nitrogens with zero attached hydrogens (tertiary/aromatic N) is 1. The Hall–Kier alpha value is -2.41. The fraction of sp³-hybridized carbons (Fsp3) is 0.480. The Balaban J connectivity index is 1.19. The van der Waals surface area contributed by atoms with Crippen LogP contribution in [-0.2, 0) is 11.2 Å². The smallest absolute Gasteiger partial charge is 0.224 e. The Kier molecular flexibility index (Phi) is 5.46. The number of carbonyl (C=O) groups is 1. The van der Waals surface area contributed by atoms with E-state index in [9.17, 15) is 15.0 Å². The third kappa shape index (κ3) is 4.33. The number of para-hydroxylation sites is 1. The summed E-state index contributed by atoms with van der Waals surface area (Å²) in [6.45, 7) is 1.82. The number of fused-ring (bicyclic) bond motifs is 2. The number of anilines is 1. The lowest BCUT2D eigenvalue weighted by Crippen LogP contribution is -2.36. The molecule has 2 fully saturated rings. The maximum absolute atomic E-state index is 11.7. The molecule has 3 N–H and O–H groups in total. The number of aryl methyl sites for hydroxylation is 1. The molecule has 0 spiro atoms. The molecular formula is C25H30N2O4. The molecule has 0 bridgehead atoms. The molecule has 3 aliphatic rings. The van der Waals surface area contributed by atoms with Gasteiger partial charge in [-0.1, -0.05) is 30.3 Å². The number of rotatable bonds is 5. The number of amides is 1. The third-order valence-corrected chi connectivity index (χ3v) is 6.98. The molecule has 2 aliphatic heterocycles. The van der Waals surface area contributed by atoms with Crippen LogP contribution in [-0.4, -0.2) is 52.4 Å².